The monoisotopic (exact) mass is 389 g/mol. The molecule has 0 atom stereocenters. The average molecular weight is 390 g/mol. The zero-order chi connectivity index (χ0) is 18.4. The normalized spacial score (nSPS) is 15.0. The lowest BCUT2D eigenvalue weighted by Crippen LogP contribution is -2.27. The second-order valence-corrected chi connectivity index (χ2v) is 6.90. The summed E-state index contributed by atoms with van der Waals surface area (Å²) in [5.74, 6) is -0.368. The number of hydrogen-bond donors (Lipinski definition) is 1. The van der Waals surface area contributed by atoms with Gasteiger partial charge in [0.05, 0.1) is 11.4 Å². The van der Waals surface area contributed by atoms with Crippen LogP contribution >= 0.6 is 23.2 Å². The van der Waals surface area contributed by atoms with E-state index >= 15 is 0 Å². The minimum Gasteiger partial charge on any atom is -0.324 e. The number of hydrogen-bond acceptors (Lipinski definition) is 3. The minimum absolute atomic E-state index is 0.105. The highest BCUT2D eigenvalue weighted by molar-refractivity contribution is 6.32. The van der Waals surface area contributed by atoms with Crippen LogP contribution in [-0.2, 0) is 4.79 Å². The molecule has 1 heterocycles. The smallest absolute Gasteiger partial charge is 0.239 e. The Morgan fingerprint density at radius 2 is 1.81 bits per heavy atom. The topological polar surface area (TPSA) is 44.7 Å². The van der Waals surface area contributed by atoms with Crippen molar-refractivity contribution in [2.45, 2.75) is 19.3 Å². The van der Waals surface area contributed by atoms with Crippen molar-refractivity contribution in [1.82, 2.24) is 5.01 Å². The number of benzene rings is 2. The van der Waals surface area contributed by atoms with Gasteiger partial charge in [-0.3, -0.25) is 9.80 Å². The van der Waals surface area contributed by atoms with Crippen LogP contribution < -0.4 is 5.32 Å². The third-order valence-corrected chi connectivity index (χ3v) is 4.73. The maximum atomic E-state index is 11.8. The lowest BCUT2D eigenvalue weighted by Gasteiger charge is -2.25. The van der Waals surface area contributed by atoms with Crippen LogP contribution in [0.15, 0.2) is 53.6 Å². The van der Waals surface area contributed by atoms with Crippen LogP contribution in [0.3, 0.4) is 0 Å². The van der Waals surface area contributed by atoms with E-state index in [2.05, 4.69) is 10.3 Å². The fraction of sp³-hybridized carbons (Fsp3) is 0.300. The van der Waals surface area contributed by atoms with Gasteiger partial charge in [0.15, 0.2) is 0 Å². The first-order chi connectivity index (χ1) is 12.7. The Hall–Kier alpha value is -2.04. The van der Waals surface area contributed by atoms with Gasteiger partial charge in [-0.1, -0.05) is 41.9 Å². The molecule has 6 heteroatoms. The number of halogens is 2. The first kappa shape index (κ1) is 18.7. The molecule has 1 aliphatic heterocycles. The van der Waals surface area contributed by atoms with Crippen molar-refractivity contribution < 1.29 is 4.79 Å². The molecule has 1 saturated heterocycles. The van der Waals surface area contributed by atoms with Crippen LogP contribution in [-0.4, -0.2) is 35.6 Å². The van der Waals surface area contributed by atoms with Crippen LogP contribution in [0.5, 0.6) is 0 Å². The first-order valence-electron chi connectivity index (χ1n) is 8.72. The van der Waals surface area contributed by atoms with Gasteiger partial charge in [0.2, 0.25) is 5.91 Å². The van der Waals surface area contributed by atoms with Crippen molar-refractivity contribution in [3.05, 3.63) is 64.7 Å². The van der Waals surface area contributed by atoms with Crippen LogP contribution in [0.25, 0.3) is 0 Å². The lowest BCUT2D eigenvalue weighted by molar-refractivity contribution is -0.113. The number of piperidine rings is 1. The SMILES string of the molecule is O=C(CCl)Nc1ccc(Cl)cc1/C(=N\N1CCCCC1)c1ccccc1. The van der Waals surface area contributed by atoms with E-state index in [-0.39, 0.29) is 11.8 Å². The van der Waals surface area contributed by atoms with Gasteiger partial charge in [-0.05, 0) is 37.5 Å². The summed E-state index contributed by atoms with van der Waals surface area (Å²) in [6.45, 7) is 1.86. The highest BCUT2D eigenvalue weighted by Gasteiger charge is 2.17. The summed E-state index contributed by atoms with van der Waals surface area (Å²) in [5.41, 5.74) is 3.20. The molecule has 0 bridgehead atoms. The first-order valence-corrected chi connectivity index (χ1v) is 9.63. The number of hydrazone groups is 1. The molecule has 0 aliphatic carbocycles. The van der Waals surface area contributed by atoms with Crippen LogP contribution in [0.2, 0.25) is 5.02 Å². The molecule has 0 radical (unpaired) electrons. The van der Waals surface area contributed by atoms with Crippen LogP contribution in [0.4, 0.5) is 5.69 Å². The van der Waals surface area contributed by atoms with Gasteiger partial charge in [-0.2, -0.15) is 5.10 Å². The van der Waals surface area contributed by atoms with Gasteiger partial charge in [0.25, 0.3) is 0 Å². The summed E-state index contributed by atoms with van der Waals surface area (Å²) >= 11 is 11.9. The number of alkyl halides is 1. The second-order valence-electron chi connectivity index (χ2n) is 6.20. The van der Waals surface area contributed by atoms with Crippen molar-refractivity contribution in [1.29, 1.82) is 0 Å². The van der Waals surface area contributed by atoms with Crippen molar-refractivity contribution in [2.75, 3.05) is 24.3 Å². The Labute approximate surface area is 163 Å². The molecular weight excluding hydrogens is 369 g/mol. The van der Waals surface area contributed by atoms with Gasteiger partial charge in [0, 0.05) is 29.2 Å². The Morgan fingerprint density at radius 1 is 1.08 bits per heavy atom. The predicted octanol–water partition coefficient (Wildman–Crippen LogP) is 4.76. The quantitative estimate of drug-likeness (QED) is 0.591. The van der Waals surface area contributed by atoms with Gasteiger partial charge < -0.3 is 5.32 Å². The fourth-order valence-electron chi connectivity index (χ4n) is 2.99. The van der Waals surface area contributed by atoms with Crippen LogP contribution in [0.1, 0.15) is 30.4 Å². The maximum Gasteiger partial charge on any atom is 0.239 e. The van der Waals surface area contributed by atoms with E-state index in [1.54, 1.807) is 12.1 Å². The zero-order valence-electron chi connectivity index (χ0n) is 14.4. The fourth-order valence-corrected chi connectivity index (χ4v) is 3.23. The third-order valence-electron chi connectivity index (χ3n) is 4.25. The number of amides is 1. The summed E-state index contributed by atoms with van der Waals surface area (Å²) in [5, 5.41) is 10.5. The summed E-state index contributed by atoms with van der Waals surface area (Å²) in [7, 11) is 0. The van der Waals surface area contributed by atoms with E-state index in [9.17, 15) is 4.79 Å². The predicted molar refractivity (Wildman–Crippen MR) is 108 cm³/mol. The molecular formula is C20H21Cl2N3O. The third kappa shape index (κ3) is 4.77. The molecule has 0 spiro atoms. The number of carbonyl (C=O) groups excluding carboxylic acids is 1. The number of nitrogens with zero attached hydrogens (tertiary/aromatic N) is 2. The Bertz CT molecular complexity index is 787. The molecule has 136 valence electrons. The van der Waals surface area contributed by atoms with Gasteiger partial charge in [0.1, 0.15) is 5.88 Å². The number of nitrogens with one attached hydrogen (secondary N) is 1. The van der Waals surface area contributed by atoms with Crippen molar-refractivity contribution >= 4 is 40.5 Å². The number of carbonyl (C=O) groups is 1. The Morgan fingerprint density at radius 3 is 2.50 bits per heavy atom. The van der Waals surface area contributed by atoms with E-state index in [4.69, 9.17) is 28.3 Å². The molecule has 1 N–H and O–H groups in total. The maximum absolute atomic E-state index is 11.8. The highest BCUT2D eigenvalue weighted by Crippen LogP contribution is 2.25. The van der Waals surface area contributed by atoms with Crippen molar-refractivity contribution in [2.24, 2.45) is 5.10 Å². The lowest BCUT2D eigenvalue weighted by atomic mass is 10.0. The molecule has 1 amide bonds. The largest absolute Gasteiger partial charge is 0.324 e. The molecule has 4 nitrogen and oxygen atoms in total. The van der Waals surface area contributed by atoms with E-state index in [1.807, 2.05) is 36.4 Å². The number of anilines is 1. The Kier molecular flexibility index (Phi) is 6.53. The van der Waals surface area contributed by atoms with E-state index in [0.29, 0.717) is 10.7 Å². The summed E-state index contributed by atoms with van der Waals surface area (Å²) in [6, 6.07) is 15.3. The zero-order valence-corrected chi connectivity index (χ0v) is 15.9. The molecule has 2 aromatic carbocycles. The second kappa shape index (κ2) is 9.06. The minimum atomic E-state index is -0.263. The van der Waals surface area contributed by atoms with Crippen LogP contribution in [0, 0.1) is 0 Å². The molecule has 0 unspecified atom stereocenters. The molecule has 0 saturated carbocycles. The molecule has 26 heavy (non-hydrogen) atoms. The molecule has 1 aliphatic rings. The van der Waals surface area contributed by atoms with E-state index in [0.717, 1.165) is 42.8 Å². The summed E-state index contributed by atoms with van der Waals surface area (Å²) < 4.78 is 0. The molecule has 1 fully saturated rings. The van der Waals surface area contributed by atoms with Crippen molar-refractivity contribution in [3.63, 3.8) is 0 Å². The van der Waals surface area contributed by atoms with Crippen molar-refractivity contribution in [3.8, 4) is 0 Å². The highest BCUT2D eigenvalue weighted by atomic mass is 35.5. The Balaban J connectivity index is 2.08. The molecule has 3 rings (SSSR count). The van der Waals surface area contributed by atoms with Gasteiger partial charge >= 0.3 is 0 Å². The standard InChI is InChI=1S/C20H21Cl2N3O/c21-14-19(26)23-18-10-9-16(22)13-17(18)20(15-7-3-1-4-8-15)24-25-11-5-2-6-12-25/h1,3-4,7-10,13H,2,5-6,11-12,14H2,(H,23,26)/b24-20-. The molecule has 2 aromatic rings. The summed E-state index contributed by atoms with van der Waals surface area (Å²) in [6.07, 6.45) is 3.51. The van der Waals surface area contributed by atoms with Gasteiger partial charge in [-0.25, -0.2) is 0 Å². The van der Waals surface area contributed by atoms with E-state index in [1.165, 1.54) is 6.42 Å². The van der Waals surface area contributed by atoms with E-state index < -0.39 is 0 Å². The van der Waals surface area contributed by atoms with Gasteiger partial charge in [-0.15, -0.1) is 11.6 Å². The number of rotatable bonds is 5. The average Bonchev–Trinajstić information content (AvgIpc) is 2.69. The molecule has 0 aromatic heterocycles. The summed E-state index contributed by atoms with van der Waals surface area (Å²) in [4.78, 5) is 11.8.